The first-order valence-electron chi connectivity index (χ1n) is 12.2. The molecule has 1 aliphatic heterocycles. The fourth-order valence-electron chi connectivity index (χ4n) is 4.09. The first-order chi connectivity index (χ1) is 17.7. The molecule has 0 unspecified atom stereocenters. The number of sulfonamides is 1. The van der Waals surface area contributed by atoms with Crippen molar-refractivity contribution in [2.45, 2.75) is 38.0 Å². The molecule has 1 fully saturated rings. The Morgan fingerprint density at radius 1 is 0.892 bits per heavy atom. The van der Waals surface area contributed by atoms with E-state index in [1.165, 1.54) is 12.1 Å². The number of aryl methyl sites for hydroxylation is 2. The summed E-state index contributed by atoms with van der Waals surface area (Å²) in [6.45, 7) is 5.07. The van der Waals surface area contributed by atoms with Crippen LogP contribution in [0.2, 0.25) is 0 Å². The Morgan fingerprint density at radius 2 is 1.54 bits per heavy atom. The Morgan fingerprint density at radius 3 is 2.19 bits per heavy atom. The van der Waals surface area contributed by atoms with Gasteiger partial charge in [0.05, 0.1) is 11.3 Å². The predicted octanol–water partition coefficient (Wildman–Crippen LogP) is 4.29. The number of carbonyl (C=O) groups is 2. The lowest BCUT2D eigenvalue weighted by atomic mass is 10.1. The molecule has 0 atom stereocenters. The van der Waals surface area contributed by atoms with Crippen LogP contribution in [0.1, 0.15) is 29.5 Å². The zero-order valence-electron chi connectivity index (χ0n) is 21.0. The van der Waals surface area contributed by atoms with Crippen molar-refractivity contribution < 1.29 is 22.7 Å². The first kappa shape index (κ1) is 26.2. The molecule has 8 nitrogen and oxygen atoms in total. The molecule has 0 radical (unpaired) electrons. The van der Waals surface area contributed by atoms with Crippen LogP contribution in [0.5, 0.6) is 5.75 Å². The number of nitrogens with one attached hydrogen (secondary N) is 2. The van der Waals surface area contributed by atoms with Crippen molar-refractivity contribution in [3.05, 3.63) is 83.4 Å². The highest BCUT2D eigenvalue weighted by molar-refractivity contribution is 7.92. The van der Waals surface area contributed by atoms with E-state index < -0.39 is 10.0 Å². The van der Waals surface area contributed by atoms with E-state index in [0.29, 0.717) is 29.1 Å². The van der Waals surface area contributed by atoms with E-state index in [0.717, 1.165) is 37.1 Å². The number of hydrogen-bond donors (Lipinski definition) is 2. The third-order valence-corrected chi connectivity index (χ3v) is 7.55. The third-order valence-electron chi connectivity index (χ3n) is 6.17. The maximum Gasteiger partial charge on any atom is 0.262 e. The van der Waals surface area contributed by atoms with Gasteiger partial charge in [-0.05, 0) is 80.3 Å². The molecule has 0 saturated carbocycles. The van der Waals surface area contributed by atoms with Crippen molar-refractivity contribution in [3.8, 4) is 5.75 Å². The number of ether oxygens (including phenoxy) is 1. The number of benzene rings is 3. The Labute approximate surface area is 217 Å². The SMILES string of the molecule is Cc1ccc(NS(=O)(=O)c2ccc(OCC(=O)Nc3ccc(CC(=O)N4CCCC4)cc3)c(C)c2)cc1. The van der Waals surface area contributed by atoms with Crippen LogP contribution in [0.3, 0.4) is 0 Å². The predicted molar refractivity (Wildman–Crippen MR) is 143 cm³/mol. The summed E-state index contributed by atoms with van der Waals surface area (Å²) in [4.78, 5) is 26.7. The molecular formula is C28H31N3O5S. The van der Waals surface area contributed by atoms with Crippen molar-refractivity contribution >= 4 is 33.2 Å². The van der Waals surface area contributed by atoms with E-state index in [2.05, 4.69) is 10.0 Å². The van der Waals surface area contributed by atoms with E-state index >= 15 is 0 Å². The van der Waals surface area contributed by atoms with Crippen LogP contribution in [0.25, 0.3) is 0 Å². The summed E-state index contributed by atoms with van der Waals surface area (Å²) < 4.78 is 33.7. The molecule has 2 N–H and O–H groups in total. The van der Waals surface area contributed by atoms with Gasteiger partial charge >= 0.3 is 0 Å². The van der Waals surface area contributed by atoms with Gasteiger partial charge in [-0.15, -0.1) is 0 Å². The minimum absolute atomic E-state index is 0.102. The average Bonchev–Trinajstić information content (AvgIpc) is 3.41. The van der Waals surface area contributed by atoms with E-state index in [1.54, 1.807) is 37.3 Å². The largest absolute Gasteiger partial charge is 0.483 e. The number of amides is 2. The first-order valence-corrected chi connectivity index (χ1v) is 13.7. The van der Waals surface area contributed by atoms with Gasteiger partial charge in [0, 0.05) is 24.5 Å². The number of anilines is 2. The Kier molecular flexibility index (Phi) is 8.13. The van der Waals surface area contributed by atoms with Gasteiger partial charge in [-0.3, -0.25) is 14.3 Å². The molecule has 0 aliphatic carbocycles. The number of hydrogen-bond acceptors (Lipinski definition) is 5. The minimum atomic E-state index is -3.76. The monoisotopic (exact) mass is 521 g/mol. The lowest BCUT2D eigenvalue weighted by Crippen LogP contribution is -2.29. The van der Waals surface area contributed by atoms with Crippen LogP contribution in [-0.4, -0.2) is 44.8 Å². The van der Waals surface area contributed by atoms with Gasteiger partial charge in [-0.1, -0.05) is 29.8 Å². The van der Waals surface area contributed by atoms with Gasteiger partial charge in [0.15, 0.2) is 6.61 Å². The zero-order chi connectivity index (χ0) is 26.4. The van der Waals surface area contributed by atoms with E-state index in [-0.39, 0.29) is 23.3 Å². The van der Waals surface area contributed by atoms with Gasteiger partial charge < -0.3 is 15.0 Å². The highest BCUT2D eigenvalue weighted by atomic mass is 32.2. The van der Waals surface area contributed by atoms with Gasteiger partial charge in [0.1, 0.15) is 5.75 Å². The fourth-order valence-corrected chi connectivity index (χ4v) is 5.23. The maximum atomic E-state index is 12.7. The molecule has 4 rings (SSSR count). The fraction of sp³-hybridized carbons (Fsp3) is 0.286. The van der Waals surface area contributed by atoms with Gasteiger partial charge in [-0.25, -0.2) is 8.42 Å². The van der Waals surface area contributed by atoms with Crippen LogP contribution in [-0.2, 0) is 26.0 Å². The molecule has 1 aliphatic rings. The highest BCUT2D eigenvalue weighted by Gasteiger charge is 2.18. The molecule has 0 spiro atoms. The normalized spacial score (nSPS) is 13.3. The van der Waals surface area contributed by atoms with Crippen LogP contribution in [0.4, 0.5) is 11.4 Å². The molecular weight excluding hydrogens is 490 g/mol. The molecule has 3 aromatic rings. The summed E-state index contributed by atoms with van der Waals surface area (Å²) in [5.74, 6) is 0.195. The maximum absolute atomic E-state index is 12.7. The number of rotatable bonds is 9. The second kappa shape index (κ2) is 11.5. The average molecular weight is 522 g/mol. The molecule has 194 valence electrons. The zero-order valence-corrected chi connectivity index (χ0v) is 21.8. The lowest BCUT2D eigenvalue weighted by molar-refractivity contribution is -0.129. The molecule has 37 heavy (non-hydrogen) atoms. The van der Waals surface area contributed by atoms with E-state index in [4.69, 9.17) is 4.74 Å². The van der Waals surface area contributed by atoms with Crippen molar-refractivity contribution in [2.75, 3.05) is 29.7 Å². The Balaban J connectivity index is 1.29. The molecule has 2 amide bonds. The molecule has 1 heterocycles. The summed E-state index contributed by atoms with van der Waals surface area (Å²) >= 11 is 0. The quantitative estimate of drug-likeness (QED) is 0.437. The minimum Gasteiger partial charge on any atom is -0.483 e. The van der Waals surface area contributed by atoms with Crippen molar-refractivity contribution in [1.82, 2.24) is 4.90 Å². The van der Waals surface area contributed by atoms with E-state index in [9.17, 15) is 18.0 Å². The second-order valence-electron chi connectivity index (χ2n) is 9.20. The van der Waals surface area contributed by atoms with Crippen LogP contribution >= 0.6 is 0 Å². The summed E-state index contributed by atoms with van der Waals surface area (Å²) in [6, 6.07) is 18.7. The Hall–Kier alpha value is -3.85. The van der Waals surface area contributed by atoms with Crippen LogP contribution in [0, 0.1) is 13.8 Å². The second-order valence-corrected chi connectivity index (χ2v) is 10.9. The topological polar surface area (TPSA) is 105 Å². The molecule has 0 aromatic heterocycles. The number of likely N-dealkylation sites (tertiary alicyclic amines) is 1. The molecule has 3 aromatic carbocycles. The van der Waals surface area contributed by atoms with Crippen molar-refractivity contribution in [3.63, 3.8) is 0 Å². The third kappa shape index (κ3) is 7.10. The van der Waals surface area contributed by atoms with Crippen molar-refractivity contribution in [1.29, 1.82) is 0 Å². The molecule has 1 saturated heterocycles. The van der Waals surface area contributed by atoms with Gasteiger partial charge in [0.25, 0.3) is 15.9 Å². The van der Waals surface area contributed by atoms with Crippen LogP contribution in [0.15, 0.2) is 71.6 Å². The highest BCUT2D eigenvalue weighted by Crippen LogP contribution is 2.24. The Bertz CT molecular complexity index is 1360. The molecule has 0 bridgehead atoms. The standard InChI is InChI=1S/C28H31N3O5S/c1-20-5-9-24(10-6-20)30-37(34,35)25-13-14-26(21(2)17-25)36-19-27(32)29-23-11-7-22(8-12-23)18-28(33)31-15-3-4-16-31/h5-14,17,30H,3-4,15-16,18-19H2,1-2H3,(H,29,32). The van der Waals surface area contributed by atoms with Gasteiger partial charge in [0.2, 0.25) is 5.91 Å². The summed E-state index contributed by atoms with van der Waals surface area (Å²) in [5, 5.41) is 2.77. The summed E-state index contributed by atoms with van der Waals surface area (Å²) in [7, 11) is -3.76. The van der Waals surface area contributed by atoms with Crippen LogP contribution < -0.4 is 14.8 Å². The summed E-state index contributed by atoms with van der Waals surface area (Å²) in [5.41, 5.74) is 3.60. The smallest absolute Gasteiger partial charge is 0.262 e. The van der Waals surface area contributed by atoms with E-state index in [1.807, 2.05) is 36.1 Å². The van der Waals surface area contributed by atoms with Gasteiger partial charge in [-0.2, -0.15) is 0 Å². The van der Waals surface area contributed by atoms with Crippen molar-refractivity contribution in [2.24, 2.45) is 0 Å². The number of nitrogens with zero attached hydrogens (tertiary/aromatic N) is 1. The molecule has 9 heteroatoms. The lowest BCUT2D eigenvalue weighted by Gasteiger charge is -2.15. The summed E-state index contributed by atoms with van der Waals surface area (Å²) in [6.07, 6.45) is 2.47. The number of carbonyl (C=O) groups excluding carboxylic acids is 2.